The molecule has 5 heteroatoms. The van der Waals surface area contributed by atoms with Gasteiger partial charge in [-0.1, -0.05) is 13.8 Å². The predicted molar refractivity (Wildman–Crippen MR) is 76.1 cm³/mol. The number of likely N-dealkylation sites (tertiary alicyclic amines) is 1. The summed E-state index contributed by atoms with van der Waals surface area (Å²) < 4.78 is 0. The van der Waals surface area contributed by atoms with Crippen LogP contribution in [-0.2, 0) is 4.79 Å². The molecule has 20 heavy (non-hydrogen) atoms. The molecule has 0 aliphatic carbocycles. The SMILES string of the molecule is CC(C)C(=O)N1CCC(NC(=O)c2ccncc2)CC1. The number of aromatic nitrogens is 1. The largest absolute Gasteiger partial charge is 0.349 e. The Morgan fingerprint density at radius 1 is 1.25 bits per heavy atom. The van der Waals surface area contributed by atoms with Gasteiger partial charge < -0.3 is 10.2 Å². The average Bonchev–Trinajstić information content (AvgIpc) is 2.48. The van der Waals surface area contributed by atoms with Gasteiger partial charge in [-0.2, -0.15) is 0 Å². The van der Waals surface area contributed by atoms with Crippen LogP contribution in [0.4, 0.5) is 0 Å². The van der Waals surface area contributed by atoms with E-state index in [1.165, 1.54) is 0 Å². The highest BCUT2D eigenvalue weighted by Gasteiger charge is 2.25. The number of nitrogens with one attached hydrogen (secondary N) is 1. The van der Waals surface area contributed by atoms with Crippen LogP contribution in [0.25, 0.3) is 0 Å². The molecular formula is C15H21N3O2. The van der Waals surface area contributed by atoms with Gasteiger partial charge in [-0.15, -0.1) is 0 Å². The molecule has 1 saturated heterocycles. The first-order valence-electron chi connectivity index (χ1n) is 7.07. The van der Waals surface area contributed by atoms with Crippen molar-refractivity contribution in [3.63, 3.8) is 0 Å². The molecule has 2 heterocycles. The minimum Gasteiger partial charge on any atom is -0.349 e. The lowest BCUT2D eigenvalue weighted by Gasteiger charge is -2.33. The molecule has 1 N–H and O–H groups in total. The van der Waals surface area contributed by atoms with Crippen molar-refractivity contribution in [3.05, 3.63) is 30.1 Å². The summed E-state index contributed by atoms with van der Waals surface area (Å²) in [6.45, 7) is 5.27. The van der Waals surface area contributed by atoms with Gasteiger partial charge in [-0.3, -0.25) is 14.6 Å². The van der Waals surface area contributed by atoms with E-state index in [0.29, 0.717) is 5.56 Å². The summed E-state index contributed by atoms with van der Waals surface area (Å²) in [6.07, 6.45) is 4.85. The summed E-state index contributed by atoms with van der Waals surface area (Å²) in [5, 5.41) is 3.02. The Kier molecular flexibility index (Phi) is 4.71. The quantitative estimate of drug-likeness (QED) is 0.908. The van der Waals surface area contributed by atoms with Crippen LogP contribution in [-0.4, -0.2) is 40.8 Å². The van der Waals surface area contributed by atoms with E-state index in [4.69, 9.17) is 0 Å². The third-order valence-corrected chi connectivity index (χ3v) is 3.58. The Labute approximate surface area is 119 Å². The van der Waals surface area contributed by atoms with E-state index in [1.807, 2.05) is 18.7 Å². The third-order valence-electron chi connectivity index (χ3n) is 3.58. The van der Waals surface area contributed by atoms with Crippen LogP contribution in [0.15, 0.2) is 24.5 Å². The Morgan fingerprint density at radius 3 is 2.40 bits per heavy atom. The van der Waals surface area contributed by atoms with E-state index in [2.05, 4.69) is 10.3 Å². The topological polar surface area (TPSA) is 62.3 Å². The van der Waals surface area contributed by atoms with E-state index in [-0.39, 0.29) is 23.8 Å². The van der Waals surface area contributed by atoms with Gasteiger partial charge in [0.15, 0.2) is 0 Å². The van der Waals surface area contributed by atoms with Crippen molar-refractivity contribution in [3.8, 4) is 0 Å². The van der Waals surface area contributed by atoms with Gasteiger partial charge in [0.25, 0.3) is 5.91 Å². The minimum atomic E-state index is -0.0685. The normalized spacial score (nSPS) is 16.2. The second-order valence-corrected chi connectivity index (χ2v) is 5.46. The molecule has 1 aromatic rings. The number of amides is 2. The minimum absolute atomic E-state index is 0.0398. The maximum atomic E-state index is 12.0. The summed E-state index contributed by atoms with van der Waals surface area (Å²) in [6, 6.07) is 3.55. The van der Waals surface area contributed by atoms with Crippen molar-refractivity contribution in [2.75, 3.05) is 13.1 Å². The standard InChI is InChI=1S/C15H21N3O2/c1-11(2)15(20)18-9-5-13(6-10-18)17-14(19)12-3-7-16-8-4-12/h3-4,7-8,11,13H,5-6,9-10H2,1-2H3,(H,17,19). The van der Waals surface area contributed by atoms with Gasteiger partial charge in [-0.05, 0) is 25.0 Å². The first-order valence-corrected chi connectivity index (χ1v) is 7.07. The lowest BCUT2D eigenvalue weighted by atomic mass is 10.0. The molecule has 1 aromatic heterocycles. The van der Waals surface area contributed by atoms with Gasteiger partial charge in [0.1, 0.15) is 0 Å². The van der Waals surface area contributed by atoms with Crippen molar-refractivity contribution >= 4 is 11.8 Å². The van der Waals surface area contributed by atoms with E-state index in [9.17, 15) is 9.59 Å². The van der Waals surface area contributed by atoms with Gasteiger partial charge >= 0.3 is 0 Å². The Morgan fingerprint density at radius 2 is 1.85 bits per heavy atom. The molecule has 0 radical (unpaired) electrons. The van der Waals surface area contributed by atoms with Gasteiger partial charge in [-0.25, -0.2) is 0 Å². The summed E-state index contributed by atoms with van der Waals surface area (Å²) in [5.74, 6) is 0.169. The van der Waals surface area contributed by atoms with Crippen molar-refractivity contribution in [2.45, 2.75) is 32.7 Å². The maximum Gasteiger partial charge on any atom is 0.251 e. The second-order valence-electron chi connectivity index (χ2n) is 5.46. The van der Waals surface area contributed by atoms with E-state index >= 15 is 0 Å². The average molecular weight is 275 g/mol. The molecule has 0 atom stereocenters. The van der Waals surface area contributed by atoms with Gasteiger partial charge in [0.05, 0.1) is 0 Å². The monoisotopic (exact) mass is 275 g/mol. The smallest absolute Gasteiger partial charge is 0.251 e. The number of carbonyl (C=O) groups is 2. The van der Waals surface area contributed by atoms with Crippen molar-refractivity contribution < 1.29 is 9.59 Å². The van der Waals surface area contributed by atoms with E-state index in [1.54, 1.807) is 24.5 Å². The molecule has 0 spiro atoms. The lowest BCUT2D eigenvalue weighted by Crippen LogP contribution is -2.47. The van der Waals surface area contributed by atoms with Crippen molar-refractivity contribution in [1.29, 1.82) is 0 Å². The van der Waals surface area contributed by atoms with Crippen LogP contribution >= 0.6 is 0 Å². The Balaban J connectivity index is 1.83. The molecule has 2 amide bonds. The molecular weight excluding hydrogens is 254 g/mol. The molecule has 0 bridgehead atoms. The summed E-state index contributed by atoms with van der Waals surface area (Å²) in [7, 11) is 0. The number of hydrogen-bond acceptors (Lipinski definition) is 3. The number of piperidine rings is 1. The molecule has 0 saturated carbocycles. The zero-order chi connectivity index (χ0) is 14.5. The van der Waals surface area contributed by atoms with Crippen LogP contribution in [0.1, 0.15) is 37.0 Å². The molecule has 0 aromatic carbocycles. The number of rotatable bonds is 3. The molecule has 108 valence electrons. The Bertz CT molecular complexity index is 465. The highest BCUT2D eigenvalue weighted by Crippen LogP contribution is 2.13. The Hall–Kier alpha value is -1.91. The van der Waals surface area contributed by atoms with Crippen LogP contribution < -0.4 is 5.32 Å². The summed E-state index contributed by atoms with van der Waals surface area (Å²) in [5.41, 5.74) is 0.626. The van der Waals surface area contributed by atoms with E-state index in [0.717, 1.165) is 25.9 Å². The fourth-order valence-corrected chi connectivity index (χ4v) is 2.38. The van der Waals surface area contributed by atoms with Gasteiger partial charge in [0.2, 0.25) is 5.91 Å². The van der Waals surface area contributed by atoms with Crippen molar-refractivity contribution in [1.82, 2.24) is 15.2 Å². The number of hydrogen-bond donors (Lipinski definition) is 1. The second kappa shape index (κ2) is 6.50. The molecule has 2 rings (SSSR count). The van der Waals surface area contributed by atoms with Gasteiger partial charge in [0, 0.05) is 43.0 Å². The zero-order valence-electron chi connectivity index (χ0n) is 12.0. The van der Waals surface area contributed by atoms with Crippen LogP contribution in [0.3, 0.4) is 0 Å². The number of pyridine rings is 1. The molecule has 1 fully saturated rings. The highest BCUT2D eigenvalue weighted by molar-refractivity contribution is 5.94. The molecule has 0 unspecified atom stereocenters. The summed E-state index contributed by atoms with van der Waals surface area (Å²) >= 11 is 0. The fourth-order valence-electron chi connectivity index (χ4n) is 2.38. The zero-order valence-corrected chi connectivity index (χ0v) is 12.0. The number of carbonyl (C=O) groups excluding carboxylic acids is 2. The maximum absolute atomic E-state index is 12.0. The third kappa shape index (κ3) is 3.56. The summed E-state index contributed by atoms with van der Waals surface area (Å²) in [4.78, 5) is 29.7. The molecule has 1 aliphatic rings. The van der Waals surface area contributed by atoms with E-state index < -0.39 is 0 Å². The van der Waals surface area contributed by atoms with Crippen LogP contribution in [0.2, 0.25) is 0 Å². The first-order chi connectivity index (χ1) is 9.58. The first kappa shape index (κ1) is 14.5. The molecule has 5 nitrogen and oxygen atoms in total. The van der Waals surface area contributed by atoms with Crippen LogP contribution in [0, 0.1) is 5.92 Å². The van der Waals surface area contributed by atoms with Crippen LogP contribution in [0.5, 0.6) is 0 Å². The number of nitrogens with zero attached hydrogens (tertiary/aromatic N) is 2. The fraction of sp³-hybridized carbons (Fsp3) is 0.533. The highest BCUT2D eigenvalue weighted by atomic mass is 16.2. The van der Waals surface area contributed by atoms with Crippen molar-refractivity contribution in [2.24, 2.45) is 5.92 Å². The molecule has 1 aliphatic heterocycles. The predicted octanol–water partition coefficient (Wildman–Crippen LogP) is 1.46. The lowest BCUT2D eigenvalue weighted by molar-refractivity contribution is -0.135.